The van der Waals surface area contributed by atoms with Crippen LogP contribution in [0.5, 0.6) is 11.5 Å². The third-order valence-corrected chi connectivity index (χ3v) is 9.95. The minimum Gasteiger partial charge on any atom is -0.457 e. The smallest absolute Gasteiger partial charge is 0.246 e. The minimum atomic E-state index is -1.16. The molecule has 238 valence electrons. The number of hydrogen-bond acceptors (Lipinski definition) is 7. The minimum absolute atomic E-state index is 0.0996. The molecule has 4 fully saturated rings. The van der Waals surface area contributed by atoms with Crippen LogP contribution in [0.3, 0.4) is 0 Å². The fourth-order valence-electron chi connectivity index (χ4n) is 7.78. The quantitative estimate of drug-likeness (QED) is 0.393. The van der Waals surface area contributed by atoms with E-state index in [2.05, 4.69) is 15.5 Å². The maximum absolute atomic E-state index is 14.2. The van der Waals surface area contributed by atoms with Crippen LogP contribution in [-0.4, -0.2) is 90.7 Å². The number of para-hydroxylation sites is 1. The van der Waals surface area contributed by atoms with Gasteiger partial charge in [0.2, 0.25) is 17.7 Å². The largest absolute Gasteiger partial charge is 0.457 e. The molecule has 5 atom stereocenters. The second-order valence-corrected chi connectivity index (χ2v) is 12.8. The molecule has 4 aliphatic heterocycles. The lowest BCUT2D eigenvalue weighted by atomic mass is 9.74. The lowest BCUT2D eigenvalue weighted by Gasteiger charge is -2.34. The first-order valence-electron chi connectivity index (χ1n) is 16.4. The molecule has 2 bridgehead atoms. The van der Waals surface area contributed by atoms with Crippen molar-refractivity contribution in [2.45, 2.75) is 62.3 Å². The number of nitrogens with zero attached hydrogens (tertiary/aromatic N) is 2. The van der Waals surface area contributed by atoms with Crippen LogP contribution < -0.4 is 15.4 Å². The summed E-state index contributed by atoms with van der Waals surface area (Å²) >= 11 is 0. The standard InChI is InChI=1S/C35H42N4O6/c40-32(36-25-12-14-27(15-13-25)44-26-10-5-2-6-11-26)29-28-16-17-35(45-28)30(29)34(42)39(19-7-18-38-20-22-43-23-21-38)31(35)33(41)37-24-8-3-1-4-9-24/h2,5-6,10-17,24,28-31H,1,3-4,7-9,18-23H2,(H,36,40)(H,37,41)/t28-,29?,30-,31?,35?/m0/s1. The normalized spacial score (nSPS) is 29.5. The van der Waals surface area contributed by atoms with E-state index in [0.717, 1.165) is 57.5 Å². The molecular formula is C35H42N4O6. The molecule has 3 saturated heterocycles. The van der Waals surface area contributed by atoms with Crippen LogP contribution in [-0.2, 0) is 23.9 Å². The third kappa shape index (κ3) is 5.98. The molecule has 0 radical (unpaired) electrons. The first-order valence-corrected chi connectivity index (χ1v) is 16.4. The van der Waals surface area contributed by atoms with Gasteiger partial charge in [-0.3, -0.25) is 19.3 Å². The van der Waals surface area contributed by atoms with Crippen LogP contribution in [0.1, 0.15) is 38.5 Å². The maximum atomic E-state index is 14.2. The number of benzene rings is 2. The monoisotopic (exact) mass is 614 g/mol. The zero-order valence-corrected chi connectivity index (χ0v) is 25.6. The van der Waals surface area contributed by atoms with Gasteiger partial charge in [0, 0.05) is 37.9 Å². The predicted molar refractivity (Wildman–Crippen MR) is 168 cm³/mol. The first kappa shape index (κ1) is 30.0. The lowest BCUT2D eigenvalue weighted by molar-refractivity contribution is -0.141. The molecule has 3 amide bonds. The molecule has 10 heteroatoms. The van der Waals surface area contributed by atoms with Gasteiger partial charge >= 0.3 is 0 Å². The van der Waals surface area contributed by atoms with Crippen LogP contribution >= 0.6 is 0 Å². The molecule has 4 heterocycles. The average Bonchev–Trinajstić information content (AvgIpc) is 3.71. The van der Waals surface area contributed by atoms with Crippen molar-refractivity contribution < 1.29 is 28.6 Å². The summed E-state index contributed by atoms with van der Waals surface area (Å²) in [5.41, 5.74) is -0.560. The molecule has 2 N–H and O–H groups in total. The van der Waals surface area contributed by atoms with Crippen molar-refractivity contribution in [3.63, 3.8) is 0 Å². The van der Waals surface area contributed by atoms with E-state index in [-0.39, 0.29) is 23.8 Å². The molecule has 1 spiro atoms. The number of morpholine rings is 1. The second kappa shape index (κ2) is 12.9. The van der Waals surface area contributed by atoms with Crippen molar-refractivity contribution in [2.75, 3.05) is 44.7 Å². The number of rotatable bonds is 10. The Balaban J connectivity index is 1.08. The summed E-state index contributed by atoms with van der Waals surface area (Å²) in [4.78, 5) is 46.1. The Labute approximate surface area is 264 Å². The van der Waals surface area contributed by atoms with Crippen LogP contribution in [0, 0.1) is 11.8 Å². The van der Waals surface area contributed by atoms with Gasteiger partial charge in [-0.05, 0) is 55.7 Å². The maximum Gasteiger partial charge on any atom is 0.246 e. The van der Waals surface area contributed by atoms with Gasteiger partial charge in [0.25, 0.3) is 0 Å². The van der Waals surface area contributed by atoms with Gasteiger partial charge in [-0.1, -0.05) is 49.6 Å². The molecule has 7 rings (SSSR count). The van der Waals surface area contributed by atoms with Crippen molar-refractivity contribution in [3.05, 3.63) is 66.7 Å². The molecule has 2 aromatic rings. The van der Waals surface area contributed by atoms with Gasteiger partial charge in [0.05, 0.1) is 31.2 Å². The third-order valence-electron chi connectivity index (χ3n) is 9.95. The lowest BCUT2D eigenvalue weighted by Crippen LogP contribution is -2.56. The topological polar surface area (TPSA) is 109 Å². The number of fused-ring (bicyclic) bond motifs is 1. The molecule has 45 heavy (non-hydrogen) atoms. The summed E-state index contributed by atoms with van der Waals surface area (Å²) in [6.07, 6.45) is 9.15. The van der Waals surface area contributed by atoms with E-state index in [1.165, 1.54) is 6.42 Å². The number of amides is 3. The van der Waals surface area contributed by atoms with Gasteiger partial charge in [-0.15, -0.1) is 0 Å². The Morgan fingerprint density at radius 1 is 0.911 bits per heavy atom. The number of anilines is 1. The summed E-state index contributed by atoms with van der Waals surface area (Å²) in [5.74, 6) is -0.779. The molecule has 1 aliphatic carbocycles. The van der Waals surface area contributed by atoms with E-state index in [4.69, 9.17) is 14.2 Å². The van der Waals surface area contributed by atoms with Crippen molar-refractivity contribution in [1.82, 2.24) is 15.1 Å². The highest BCUT2D eigenvalue weighted by Crippen LogP contribution is 2.55. The molecule has 10 nitrogen and oxygen atoms in total. The van der Waals surface area contributed by atoms with Crippen molar-refractivity contribution in [3.8, 4) is 11.5 Å². The van der Waals surface area contributed by atoms with E-state index in [1.807, 2.05) is 42.5 Å². The fourth-order valence-corrected chi connectivity index (χ4v) is 7.78. The van der Waals surface area contributed by atoms with Gasteiger partial charge < -0.3 is 29.7 Å². The fraction of sp³-hybridized carbons (Fsp3) is 0.514. The summed E-state index contributed by atoms with van der Waals surface area (Å²) in [7, 11) is 0. The summed E-state index contributed by atoms with van der Waals surface area (Å²) in [6.45, 7) is 4.38. The SMILES string of the molecule is O=C(Nc1ccc(Oc2ccccc2)cc1)C1[C@@H]2C=CC3(O2)C(C(=O)NC2CCCCC2)N(CCCN2CCOCC2)C(=O)[C@H]13. The van der Waals surface area contributed by atoms with E-state index in [1.54, 1.807) is 29.2 Å². The number of ether oxygens (including phenoxy) is 3. The van der Waals surface area contributed by atoms with Crippen LogP contribution in [0.15, 0.2) is 66.7 Å². The van der Waals surface area contributed by atoms with E-state index in [0.29, 0.717) is 31.2 Å². The Kier molecular flexibility index (Phi) is 8.61. The number of carbonyl (C=O) groups is 3. The van der Waals surface area contributed by atoms with Gasteiger partial charge in [0.15, 0.2) is 0 Å². The average molecular weight is 615 g/mol. The molecule has 5 aliphatic rings. The summed E-state index contributed by atoms with van der Waals surface area (Å²) < 4.78 is 17.9. The van der Waals surface area contributed by atoms with Crippen LogP contribution in [0.25, 0.3) is 0 Å². The Hall–Kier alpha value is -3.73. The van der Waals surface area contributed by atoms with Crippen molar-refractivity contribution >= 4 is 23.4 Å². The molecule has 1 saturated carbocycles. The highest BCUT2D eigenvalue weighted by Gasteiger charge is 2.72. The Morgan fingerprint density at radius 2 is 1.64 bits per heavy atom. The zero-order valence-electron chi connectivity index (χ0n) is 25.6. The molecular weight excluding hydrogens is 572 g/mol. The van der Waals surface area contributed by atoms with Gasteiger partial charge in [0.1, 0.15) is 23.1 Å². The van der Waals surface area contributed by atoms with Gasteiger partial charge in [-0.2, -0.15) is 0 Å². The molecule has 2 aromatic carbocycles. The summed E-state index contributed by atoms with van der Waals surface area (Å²) in [5, 5.41) is 6.26. The van der Waals surface area contributed by atoms with Crippen LogP contribution in [0.2, 0.25) is 0 Å². The second-order valence-electron chi connectivity index (χ2n) is 12.8. The predicted octanol–water partition coefficient (Wildman–Crippen LogP) is 3.74. The van der Waals surface area contributed by atoms with Gasteiger partial charge in [-0.25, -0.2) is 0 Å². The van der Waals surface area contributed by atoms with E-state index >= 15 is 0 Å². The molecule has 0 aromatic heterocycles. The summed E-state index contributed by atoms with van der Waals surface area (Å²) in [6, 6.07) is 15.9. The zero-order chi connectivity index (χ0) is 30.8. The Bertz CT molecular complexity index is 1400. The van der Waals surface area contributed by atoms with E-state index in [9.17, 15) is 14.4 Å². The van der Waals surface area contributed by atoms with Crippen molar-refractivity contribution in [1.29, 1.82) is 0 Å². The number of likely N-dealkylation sites (tertiary alicyclic amines) is 1. The van der Waals surface area contributed by atoms with Crippen LogP contribution in [0.4, 0.5) is 5.69 Å². The Morgan fingerprint density at radius 3 is 2.40 bits per heavy atom. The molecule has 3 unspecified atom stereocenters. The van der Waals surface area contributed by atoms with Crippen molar-refractivity contribution in [2.24, 2.45) is 11.8 Å². The first-order chi connectivity index (χ1) is 22.0. The highest BCUT2D eigenvalue weighted by atomic mass is 16.5. The number of carbonyl (C=O) groups excluding carboxylic acids is 3. The van der Waals surface area contributed by atoms with E-state index < -0.39 is 29.6 Å². The number of nitrogens with one attached hydrogen (secondary N) is 2. The highest BCUT2D eigenvalue weighted by molar-refractivity contribution is 6.02. The number of hydrogen-bond donors (Lipinski definition) is 2.